The van der Waals surface area contributed by atoms with Gasteiger partial charge in [0.1, 0.15) is 11.5 Å². The summed E-state index contributed by atoms with van der Waals surface area (Å²) in [5.41, 5.74) is 1.08. The molecule has 2 aromatic carbocycles. The molecule has 1 aromatic heterocycles. The molecule has 3 aromatic rings. The Balaban J connectivity index is 2.15. The standard InChI is InChI=1S/C17H6Cl6FN/c18-8-2-10(20)15(11(21)3-8)7-1-14(24)17(25-6-7)16-12(22)4-9(19)5-13(16)23/h1-6H. The number of pyridine rings is 1. The van der Waals surface area contributed by atoms with Crippen LogP contribution in [0.3, 0.4) is 0 Å². The van der Waals surface area contributed by atoms with Crippen molar-refractivity contribution in [3.8, 4) is 22.4 Å². The molecule has 1 nitrogen and oxygen atoms in total. The van der Waals surface area contributed by atoms with Crippen molar-refractivity contribution < 1.29 is 4.39 Å². The molecule has 0 aliphatic carbocycles. The van der Waals surface area contributed by atoms with Gasteiger partial charge in [0.05, 0.1) is 20.1 Å². The summed E-state index contributed by atoms with van der Waals surface area (Å²) in [6.07, 6.45) is 1.43. The molecule has 0 amide bonds. The van der Waals surface area contributed by atoms with E-state index in [1.54, 1.807) is 0 Å². The van der Waals surface area contributed by atoms with E-state index in [1.165, 1.54) is 36.5 Å². The van der Waals surface area contributed by atoms with Crippen LogP contribution >= 0.6 is 69.6 Å². The maximum absolute atomic E-state index is 14.7. The Morgan fingerprint density at radius 3 is 1.52 bits per heavy atom. The molecule has 0 saturated carbocycles. The molecular weight excluding hydrogens is 450 g/mol. The highest BCUT2D eigenvalue weighted by atomic mass is 35.5. The van der Waals surface area contributed by atoms with E-state index < -0.39 is 5.82 Å². The molecule has 3 rings (SSSR count). The molecule has 0 radical (unpaired) electrons. The quantitative estimate of drug-likeness (QED) is 0.377. The molecule has 0 spiro atoms. The summed E-state index contributed by atoms with van der Waals surface area (Å²) in [6, 6.07) is 7.22. The molecule has 0 fully saturated rings. The average Bonchev–Trinajstić information content (AvgIpc) is 2.47. The van der Waals surface area contributed by atoms with Crippen molar-refractivity contribution in [3.63, 3.8) is 0 Å². The van der Waals surface area contributed by atoms with E-state index in [0.717, 1.165) is 0 Å². The van der Waals surface area contributed by atoms with Gasteiger partial charge in [0.15, 0.2) is 0 Å². The first-order valence-electron chi connectivity index (χ1n) is 6.73. The molecule has 0 aliphatic heterocycles. The maximum Gasteiger partial charge on any atom is 0.150 e. The molecule has 8 heteroatoms. The number of nitrogens with zero attached hydrogens (tertiary/aromatic N) is 1. The van der Waals surface area contributed by atoms with Gasteiger partial charge in [0.2, 0.25) is 0 Å². The highest BCUT2D eigenvalue weighted by Gasteiger charge is 2.18. The second kappa shape index (κ2) is 7.48. The second-order valence-corrected chi connectivity index (χ2v) is 7.54. The van der Waals surface area contributed by atoms with E-state index in [0.29, 0.717) is 21.2 Å². The van der Waals surface area contributed by atoms with Gasteiger partial charge in [-0.15, -0.1) is 0 Å². The normalized spacial score (nSPS) is 11.0. The first-order valence-corrected chi connectivity index (χ1v) is 9.00. The molecule has 0 bridgehead atoms. The lowest BCUT2D eigenvalue weighted by Crippen LogP contribution is -1.94. The third-order valence-electron chi connectivity index (χ3n) is 3.38. The van der Waals surface area contributed by atoms with Crippen LogP contribution in [-0.4, -0.2) is 4.98 Å². The molecule has 128 valence electrons. The predicted molar refractivity (Wildman–Crippen MR) is 105 cm³/mol. The maximum atomic E-state index is 14.7. The summed E-state index contributed by atoms with van der Waals surface area (Å²) in [7, 11) is 0. The van der Waals surface area contributed by atoms with Crippen LogP contribution in [0.2, 0.25) is 30.1 Å². The van der Waals surface area contributed by atoms with Gasteiger partial charge in [-0.2, -0.15) is 0 Å². The SMILES string of the molecule is Fc1cc(-c2c(Cl)cc(Cl)cc2Cl)cnc1-c1c(Cl)cc(Cl)cc1Cl. The van der Waals surface area contributed by atoms with E-state index in [2.05, 4.69) is 4.98 Å². The van der Waals surface area contributed by atoms with Crippen molar-refractivity contribution in [2.24, 2.45) is 0 Å². The fourth-order valence-electron chi connectivity index (χ4n) is 2.34. The lowest BCUT2D eigenvalue weighted by atomic mass is 10.0. The van der Waals surface area contributed by atoms with E-state index in [4.69, 9.17) is 69.6 Å². The molecule has 0 saturated heterocycles. The van der Waals surface area contributed by atoms with Gasteiger partial charge in [0, 0.05) is 32.9 Å². The summed E-state index contributed by atoms with van der Waals surface area (Å²) >= 11 is 36.4. The van der Waals surface area contributed by atoms with Crippen molar-refractivity contribution in [1.29, 1.82) is 0 Å². The Kier molecular flexibility index (Phi) is 5.69. The Bertz CT molecular complexity index is 943. The van der Waals surface area contributed by atoms with Crippen molar-refractivity contribution in [3.05, 3.63) is 72.5 Å². The summed E-state index contributed by atoms with van der Waals surface area (Å²) in [5, 5.41) is 1.68. The van der Waals surface area contributed by atoms with Crippen molar-refractivity contribution in [2.75, 3.05) is 0 Å². The second-order valence-electron chi connectivity index (χ2n) is 5.04. The van der Waals surface area contributed by atoms with Crippen LogP contribution in [0.1, 0.15) is 0 Å². The highest BCUT2D eigenvalue weighted by Crippen LogP contribution is 2.40. The number of benzene rings is 2. The zero-order valence-electron chi connectivity index (χ0n) is 12.1. The highest BCUT2D eigenvalue weighted by molar-refractivity contribution is 6.42. The van der Waals surface area contributed by atoms with E-state index >= 15 is 0 Å². The average molecular weight is 456 g/mol. The van der Waals surface area contributed by atoms with Gasteiger partial charge < -0.3 is 0 Å². The van der Waals surface area contributed by atoms with Gasteiger partial charge in [-0.25, -0.2) is 4.39 Å². The predicted octanol–water partition coefficient (Wildman–Crippen LogP) is 8.48. The van der Waals surface area contributed by atoms with E-state index in [-0.39, 0.29) is 31.3 Å². The zero-order chi connectivity index (χ0) is 18.3. The van der Waals surface area contributed by atoms with Crippen LogP contribution in [0.5, 0.6) is 0 Å². The summed E-state index contributed by atoms with van der Waals surface area (Å²) in [6.45, 7) is 0. The van der Waals surface area contributed by atoms with Gasteiger partial charge in [-0.1, -0.05) is 69.6 Å². The van der Waals surface area contributed by atoms with Gasteiger partial charge in [-0.3, -0.25) is 4.98 Å². The van der Waals surface area contributed by atoms with Crippen molar-refractivity contribution in [2.45, 2.75) is 0 Å². The third-order valence-corrected chi connectivity index (χ3v) is 5.01. The largest absolute Gasteiger partial charge is 0.252 e. The molecule has 0 N–H and O–H groups in total. The Morgan fingerprint density at radius 2 is 1.08 bits per heavy atom. The molecule has 1 heterocycles. The lowest BCUT2D eigenvalue weighted by molar-refractivity contribution is 0.626. The van der Waals surface area contributed by atoms with E-state index in [1.807, 2.05) is 0 Å². The summed E-state index contributed by atoms with van der Waals surface area (Å²) in [4.78, 5) is 4.14. The third kappa shape index (κ3) is 3.85. The topological polar surface area (TPSA) is 12.9 Å². The minimum absolute atomic E-state index is 0.00312. The lowest BCUT2D eigenvalue weighted by Gasteiger charge is -2.11. The van der Waals surface area contributed by atoms with E-state index in [9.17, 15) is 4.39 Å². The number of rotatable bonds is 2. The molecule has 0 aliphatic rings. The van der Waals surface area contributed by atoms with Crippen LogP contribution in [-0.2, 0) is 0 Å². The Labute approximate surface area is 173 Å². The Morgan fingerprint density at radius 1 is 0.640 bits per heavy atom. The fraction of sp³-hybridized carbons (Fsp3) is 0. The number of hydrogen-bond acceptors (Lipinski definition) is 1. The smallest absolute Gasteiger partial charge is 0.150 e. The van der Waals surface area contributed by atoms with Crippen LogP contribution < -0.4 is 0 Å². The molecule has 25 heavy (non-hydrogen) atoms. The van der Waals surface area contributed by atoms with Crippen LogP contribution in [0, 0.1) is 5.82 Å². The summed E-state index contributed by atoms with van der Waals surface area (Å²) < 4.78 is 14.7. The van der Waals surface area contributed by atoms with Crippen molar-refractivity contribution in [1.82, 2.24) is 4.98 Å². The van der Waals surface area contributed by atoms with Gasteiger partial charge >= 0.3 is 0 Å². The Hall–Kier alpha value is -0.740. The number of aromatic nitrogens is 1. The number of halogens is 7. The minimum atomic E-state index is -0.634. The van der Waals surface area contributed by atoms with Crippen LogP contribution in [0.4, 0.5) is 4.39 Å². The van der Waals surface area contributed by atoms with Crippen LogP contribution in [0.25, 0.3) is 22.4 Å². The molecule has 0 atom stereocenters. The molecule has 0 unspecified atom stereocenters. The zero-order valence-corrected chi connectivity index (χ0v) is 16.6. The van der Waals surface area contributed by atoms with Crippen LogP contribution in [0.15, 0.2) is 36.5 Å². The monoisotopic (exact) mass is 453 g/mol. The van der Waals surface area contributed by atoms with Gasteiger partial charge in [-0.05, 0) is 30.3 Å². The fourth-order valence-corrected chi connectivity index (χ4v) is 4.38. The minimum Gasteiger partial charge on any atom is -0.252 e. The first-order chi connectivity index (χ1) is 11.8. The first kappa shape index (κ1) is 19.0. The van der Waals surface area contributed by atoms with Gasteiger partial charge in [0.25, 0.3) is 0 Å². The molecular formula is C17H6Cl6FN. The number of hydrogen-bond donors (Lipinski definition) is 0. The van der Waals surface area contributed by atoms with Crippen molar-refractivity contribution >= 4 is 69.6 Å². The summed E-state index contributed by atoms with van der Waals surface area (Å²) in [5.74, 6) is -0.634.